The minimum Gasteiger partial charge on any atom is -0.497 e. The van der Waals surface area contributed by atoms with Crippen LogP contribution >= 0.6 is 23.1 Å². The van der Waals surface area contributed by atoms with Gasteiger partial charge in [-0.2, -0.15) is 0 Å². The lowest BCUT2D eigenvalue weighted by molar-refractivity contribution is 0.415. The molecule has 2 heterocycles. The van der Waals surface area contributed by atoms with Crippen molar-refractivity contribution in [2.45, 2.75) is 16.5 Å². The van der Waals surface area contributed by atoms with E-state index < -0.39 is 0 Å². The van der Waals surface area contributed by atoms with Crippen LogP contribution in [0.4, 0.5) is 5.13 Å². The Balaban J connectivity index is 1.74. The average Bonchev–Trinajstić information content (AvgIpc) is 3.17. The van der Waals surface area contributed by atoms with E-state index in [0.717, 1.165) is 15.7 Å². The van der Waals surface area contributed by atoms with E-state index in [4.69, 9.17) is 14.9 Å². The first kappa shape index (κ1) is 14.8. The molecule has 9 heteroatoms. The third-order valence-corrected chi connectivity index (χ3v) is 4.75. The number of nitrogens with zero attached hydrogens (tertiary/aromatic N) is 4. The van der Waals surface area contributed by atoms with Crippen LogP contribution in [-0.2, 0) is 0 Å². The molecule has 114 valence electrons. The largest absolute Gasteiger partial charge is 0.497 e. The number of aromatic nitrogens is 4. The highest BCUT2D eigenvalue weighted by Gasteiger charge is 2.18. The third kappa shape index (κ3) is 3.20. The Morgan fingerprint density at radius 2 is 1.95 bits per heavy atom. The van der Waals surface area contributed by atoms with E-state index >= 15 is 0 Å². The second-order valence-corrected chi connectivity index (χ2v) is 6.94. The van der Waals surface area contributed by atoms with Gasteiger partial charge >= 0.3 is 0 Å². The molecule has 0 bridgehead atoms. The molecule has 0 saturated carbocycles. The van der Waals surface area contributed by atoms with Crippen molar-refractivity contribution in [3.63, 3.8) is 0 Å². The van der Waals surface area contributed by atoms with Gasteiger partial charge in [0.15, 0.2) is 4.34 Å². The summed E-state index contributed by atoms with van der Waals surface area (Å²) in [6.45, 7) is 1.97. The highest BCUT2D eigenvalue weighted by molar-refractivity contribution is 8.01. The zero-order valence-corrected chi connectivity index (χ0v) is 13.5. The average molecular weight is 335 g/mol. The van der Waals surface area contributed by atoms with Crippen LogP contribution in [0, 0.1) is 0 Å². The van der Waals surface area contributed by atoms with Crippen molar-refractivity contribution in [3.05, 3.63) is 30.2 Å². The van der Waals surface area contributed by atoms with Gasteiger partial charge in [-0.05, 0) is 31.2 Å². The summed E-state index contributed by atoms with van der Waals surface area (Å²) in [6.07, 6.45) is 0. The quantitative estimate of drug-likeness (QED) is 0.710. The molecular formula is C13H13N5O2S2. The van der Waals surface area contributed by atoms with Gasteiger partial charge in [0.2, 0.25) is 16.9 Å². The Morgan fingerprint density at radius 1 is 1.18 bits per heavy atom. The minimum absolute atomic E-state index is 0.0353. The van der Waals surface area contributed by atoms with E-state index in [9.17, 15) is 0 Å². The fourth-order valence-electron chi connectivity index (χ4n) is 1.72. The Morgan fingerprint density at radius 3 is 2.59 bits per heavy atom. The van der Waals surface area contributed by atoms with E-state index in [1.54, 1.807) is 7.11 Å². The fourth-order valence-corrected chi connectivity index (χ4v) is 3.53. The molecule has 7 nitrogen and oxygen atoms in total. The molecule has 3 aromatic rings. The highest BCUT2D eigenvalue weighted by Crippen LogP contribution is 2.37. The van der Waals surface area contributed by atoms with Gasteiger partial charge in [-0.3, -0.25) is 0 Å². The summed E-state index contributed by atoms with van der Waals surface area (Å²) < 4.78 is 11.6. The molecule has 0 radical (unpaired) electrons. The van der Waals surface area contributed by atoms with Crippen LogP contribution in [0.5, 0.6) is 5.75 Å². The molecule has 1 atom stereocenters. The Bertz CT molecular complexity index is 756. The first-order valence-corrected chi connectivity index (χ1v) is 8.09. The summed E-state index contributed by atoms with van der Waals surface area (Å²) in [6, 6.07) is 7.45. The van der Waals surface area contributed by atoms with Crippen molar-refractivity contribution < 1.29 is 9.15 Å². The van der Waals surface area contributed by atoms with Crippen molar-refractivity contribution in [1.82, 2.24) is 20.4 Å². The van der Waals surface area contributed by atoms with Gasteiger partial charge in [-0.15, -0.1) is 20.4 Å². The van der Waals surface area contributed by atoms with Crippen LogP contribution in [-0.4, -0.2) is 27.5 Å². The van der Waals surface area contributed by atoms with E-state index in [-0.39, 0.29) is 5.25 Å². The van der Waals surface area contributed by atoms with Gasteiger partial charge in [0, 0.05) is 5.56 Å². The number of benzene rings is 1. The molecule has 0 saturated heterocycles. The molecule has 0 unspecified atom stereocenters. The maximum atomic E-state index is 5.73. The predicted octanol–water partition coefficient (Wildman–Crippen LogP) is 3.03. The molecule has 2 N–H and O–H groups in total. The second kappa shape index (κ2) is 6.32. The van der Waals surface area contributed by atoms with E-state index in [1.165, 1.54) is 23.1 Å². The Hall–Kier alpha value is -2.13. The van der Waals surface area contributed by atoms with Crippen LogP contribution in [0.2, 0.25) is 0 Å². The summed E-state index contributed by atoms with van der Waals surface area (Å²) in [4.78, 5) is 0. The molecule has 0 aliphatic rings. The molecule has 2 aromatic heterocycles. The van der Waals surface area contributed by atoms with E-state index in [1.807, 2.05) is 31.2 Å². The van der Waals surface area contributed by atoms with Gasteiger partial charge in [0.1, 0.15) is 5.75 Å². The van der Waals surface area contributed by atoms with Gasteiger partial charge < -0.3 is 14.9 Å². The molecular weight excluding hydrogens is 322 g/mol. The van der Waals surface area contributed by atoms with E-state index in [2.05, 4.69) is 20.4 Å². The topological polar surface area (TPSA) is 100.0 Å². The number of anilines is 1. The second-order valence-electron chi connectivity index (χ2n) is 4.34. The highest BCUT2D eigenvalue weighted by atomic mass is 32.2. The number of hydrogen-bond acceptors (Lipinski definition) is 9. The molecule has 3 rings (SSSR count). The monoisotopic (exact) mass is 335 g/mol. The summed E-state index contributed by atoms with van der Waals surface area (Å²) in [5, 5.41) is 16.3. The number of rotatable bonds is 5. The molecule has 0 amide bonds. The lowest BCUT2D eigenvalue weighted by Crippen LogP contribution is -1.88. The van der Waals surface area contributed by atoms with Crippen LogP contribution in [0.25, 0.3) is 11.5 Å². The predicted molar refractivity (Wildman–Crippen MR) is 84.9 cm³/mol. The van der Waals surface area contributed by atoms with Crippen molar-refractivity contribution in [1.29, 1.82) is 0 Å². The number of nitrogens with two attached hydrogens (primary N) is 1. The van der Waals surface area contributed by atoms with Crippen molar-refractivity contribution in [2.24, 2.45) is 0 Å². The lowest BCUT2D eigenvalue weighted by atomic mass is 10.2. The first-order valence-electron chi connectivity index (χ1n) is 6.39. The van der Waals surface area contributed by atoms with Crippen LogP contribution in [0.15, 0.2) is 33.0 Å². The summed E-state index contributed by atoms with van der Waals surface area (Å²) in [5.74, 6) is 1.78. The molecule has 1 aromatic carbocycles. The third-order valence-electron chi connectivity index (χ3n) is 2.83. The number of methoxy groups -OCH3 is 1. The van der Waals surface area contributed by atoms with Gasteiger partial charge in [0.25, 0.3) is 0 Å². The molecule has 0 fully saturated rings. The molecule has 22 heavy (non-hydrogen) atoms. The fraction of sp³-hybridized carbons (Fsp3) is 0.231. The van der Waals surface area contributed by atoms with Gasteiger partial charge in [-0.25, -0.2) is 0 Å². The van der Waals surface area contributed by atoms with Crippen LogP contribution in [0.3, 0.4) is 0 Å². The normalized spacial score (nSPS) is 12.3. The van der Waals surface area contributed by atoms with Crippen molar-refractivity contribution in [3.8, 4) is 17.2 Å². The van der Waals surface area contributed by atoms with Gasteiger partial charge in [0.05, 0.1) is 12.4 Å². The summed E-state index contributed by atoms with van der Waals surface area (Å²) >= 11 is 2.81. The molecule has 0 spiro atoms. The number of hydrogen-bond donors (Lipinski definition) is 1. The standard InChI is InChI=1S/C13H13N5O2S2/c1-7(21-13-18-17-12(14)22-13)10-15-16-11(20-10)8-3-5-9(19-2)6-4-8/h3-7H,1-2H3,(H2,14,17)/t7-/m0/s1. The van der Waals surface area contributed by atoms with Crippen molar-refractivity contribution >= 4 is 28.2 Å². The van der Waals surface area contributed by atoms with Crippen LogP contribution < -0.4 is 10.5 Å². The molecule has 0 aliphatic heterocycles. The Labute approximate surface area is 134 Å². The number of thioether (sulfide) groups is 1. The van der Waals surface area contributed by atoms with Crippen molar-refractivity contribution in [2.75, 3.05) is 12.8 Å². The zero-order chi connectivity index (χ0) is 15.5. The summed E-state index contributed by atoms with van der Waals surface area (Å²) in [7, 11) is 1.62. The first-order chi connectivity index (χ1) is 10.7. The summed E-state index contributed by atoms with van der Waals surface area (Å²) in [5.41, 5.74) is 6.41. The maximum absolute atomic E-state index is 5.73. The smallest absolute Gasteiger partial charge is 0.247 e. The number of nitrogen functional groups attached to an aromatic ring is 1. The minimum atomic E-state index is -0.0353. The zero-order valence-electron chi connectivity index (χ0n) is 11.9. The molecule has 0 aliphatic carbocycles. The maximum Gasteiger partial charge on any atom is 0.247 e. The number of ether oxygens (including phenoxy) is 1. The Kier molecular flexibility index (Phi) is 4.25. The lowest BCUT2D eigenvalue weighted by Gasteiger charge is -2.02. The SMILES string of the molecule is COc1ccc(-c2nnc([C@H](C)Sc3nnc(N)s3)o2)cc1. The van der Waals surface area contributed by atoms with Gasteiger partial charge in [-0.1, -0.05) is 23.1 Å². The van der Waals surface area contributed by atoms with E-state index in [0.29, 0.717) is 16.9 Å². The van der Waals surface area contributed by atoms with Crippen LogP contribution in [0.1, 0.15) is 18.1 Å².